The fourth-order valence-corrected chi connectivity index (χ4v) is 1.09. The van der Waals surface area contributed by atoms with Crippen molar-refractivity contribution in [3.63, 3.8) is 0 Å². The summed E-state index contributed by atoms with van der Waals surface area (Å²) in [6, 6.07) is 2.23. The number of nitrogens with zero attached hydrogens (tertiary/aromatic N) is 2. The molecule has 0 aliphatic heterocycles. The van der Waals surface area contributed by atoms with Crippen LogP contribution in [0.25, 0.3) is 0 Å². The van der Waals surface area contributed by atoms with E-state index in [0.29, 0.717) is 0 Å². The molecular weight excluding hydrogens is 148 g/mol. The SMILES string of the molecule is CCCC=C(C#N)N(CC)CC. The van der Waals surface area contributed by atoms with Crippen molar-refractivity contribution in [2.75, 3.05) is 13.1 Å². The molecule has 0 N–H and O–H groups in total. The van der Waals surface area contributed by atoms with Crippen molar-refractivity contribution in [1.29, 1.82) is 5.26 Å². The Morgan fingerprint density at radius 1 is 1.33 bits per heavy atom. The molecule has 0 aliphatic carbocycles. The molecule has 2 nitrogen and oxygen atoms in total. The smallest absolute Gasteiger partial charge is 0.117 e. The van der Waals surface area contributed by atoms with Crippen LogP contribution in [-0.4, -0.2) is 18.0 Å². The third-order valence-electron chi connectivity index (χ3n) is 1.85. The van der Waals surface area contributed by atoms with Crippen LogP contribution in [0, 0.1) is 11.3 Å². The van der Waals surface area contributed by atoms with Gasteiger partial charge >= 0.3 is 0 Å². The number of hydrogen-bond donors (Lipinski definition) is 0. The van der Waals surface area contributed by atoms with Crippen molar-refractivity contribution in [2.45, 2.75) is 33.6 Å². The Kier molecular flexibility index (Phi) is 6.18. The van der Waals surface area contributed by atoms with Gasteiger partial charge < -0.3 is 4.90 Å². The summed E-state index contributed by atoms with van der Waals surface area (Å²) in [4.78, 5) is 2.08. The maximum Gasteiger partial charge on any atom is 0.117 e. The molecule has 0 fully saturated rings. The molecule has 0 bridgehead atoms. The van der Waals surface area contributed by atoms with Gasteiger partial charge in [0, 0.05) is 13.1 Å². The average molecular weight is 166 g/mol. The van der Waals surface area contributed by atoms with Gasteiger partial charge in [0.2, 0.25) is 0 Å². The number of allylic oxidation sites excluding steroid dienone is 2. The molecule has 0 unspecified atom stereocenters. The van der Waals surface area contributed by atoms with E-state index in [0.717, 1.165) is 31.6 Å². The Bertz CT molecular complexity index is 173. The topological polar surface area (TPSA) is 27.0 Å². The molecule has 0 atom stereocenters. The highest BCUT2D eigenvalue weighted by Gasteiger charge is 2.02. The van der Waals surface area contributed by atoms with Crippen LogP contribution in [0.1, 0.15) is 33.6 Å². The van der Waals surface area contributed by atoms with E-state index in [2.05, 4.69) is 31.7 Å². The van der Waals surface area contributed by atoms with Gasteiger partial charge in [-0.3, -0.25) is 0 Å². The third-order valence-corrected chi connectivity index (χ3v) is 1.85. The molecule has 0 rings (SSSR count). The number of hydrogen-bond acceptors (Lipinski definition) is 2. The predicted molar refractivity (Wildman–Crippen MR) is 51.5 cm³/mol. The quantitative estimate of drug-likeness (QED) is 0.587. The number of rotatable bonds is 5. The van der Waals surface area contributed by atoms with Gasteiger partial charge in [-0.25, -0.2) is 0 Å². The lowest BCUT2D eigenvalue weighted by molar-refractivity contribution is 0.395. The molecule has 0 amide bonds. The molecule has 0 heterocycles. The summed E-state index contributed by atoms with van der Waals surface area (Å²) in [6.45, 7) is 8.09. The summed E-state index contributed by atoms with van der Waals surface area (Å²) < 4.78 is 0. The summed E-state index contributed by atoms with van der Waals surface area (Å²) in [5, 5.41) is 8.83. The van der Waals surface area contributed by atoms with Crippen molar-refractivity contribution in [3.05, 3.63) is 11.8 Å². The summed E-state index contributed by atoms with van der Waals surface area (Å²) in [5.41, 5.74) is 0.821. The highest BCUT2D eigenvalue weighted by molar-refractivity contribution is 5.18. The molecule has 0 aromatic heterocycles. The third kappa shape index (κ3) is 3.43. The molecule has 0 saturated heterocycles. The Morgan fingerprint density at radius 2 is 1.92 bits per heavy atom. The van der Waals surface area contributed by atoms with Crippen LogP contribution < -0.4 is 0 Å². The van der Waals surface area contributed by atoms with Gasteiger partial charge in [-0.15, -0.1) is 0 Å². The van der Waals surface area contributed by atoms with Crippen molar-refractivity contribution in [2.24, 2.45) is 0 Å². The van der Waals surface area contributed by atoms with E-state index in [9.17, 15) is 0 Å². The largest absolute Gasteiger partial charge is 0.364 e. The van der Waals surface area contributed by atoms with E-state index in [1.807, 2.05) is 6.08 Å². The van der Waals surface area contributed by atoms with Gasteiger partial charge in [0.1, 0.15) is 11.8 Å². The molecule has 2 heteroatoms. The normalized spacial score (nSPS) is 11.0. The first-order chi connectivity index (χ1) is 5.79. The van der Waals surface area contributed by atoms with Gasteiger partial charge in [0.15, 0.2) is 0 Å². The van der Waals surface area contributed by atoms with Crippen LogP contribution in [0.15, 0.2) is 11.8 Å². The lowest BCUT2D eigenvalue weighted by Crippen LogP contribution is -2.21. The Hall–Kier alpha value is -0.970. The minimum atomic E-state index is 0.821. The molecular formula is C10H18N2. The summed E-state index contributed by atoms with van der Waals surface area (Å²) in [7, 11) is 0. The maximum atomic E-state index is 8.83. The monoisotopic (exact) mass is 166 g/mol. The van der Waals surface area contributed by atoms with Crippen LogP contribution in [-0.2, 0) is 0 Å². The van der Waals surface area contributed by atoms with E-state index in [1.165, 1.54) is 0 Å². The number of unbranched alkanes of at least 4 members (excludes halogenated alkanes) is 1. The van der Waals surface area contributed by atoms with E-state index in [4.69, 9.17) is 5.26 Å². The molecule has 0 aromatic rings. The summed E-state index contributed by atoms with van der Waals surface area (Å²) in [5.74, 6) is 0. The highest BCUT2D eigenvalue weighted by atomic mass is 15.1. The minimum absolute atomic E-state index is 0.821. The lowest BCUT2D eigenvalue weighted by atomic mass is 10.2. The molecule has 0 aromatic carbocycles. The molecule has 68 valence electrons. The Balaban J connectivity index is 4.22. The first kappa shape index (κ1) is 11.0. The van der Waals surface area contributed by atoms with Gasteiger partial charge in [0.25, 0.3) is 0 Å². The number of nitriles is 1. The van der Waals surface area contributed by atoms with Crippen molar-refractivity contribution < 1.29 is 0 Å². The molecule has 0 spiro atoms. The maximum absolute atomic E-state index is 8.83. The zero-order valence-corrected chi connectivity index (χ0v) is 8.30. The second kappa shape index (κ2) is 6.72. The van der Waals surface area contributed by atoms with Crippen LogP contribution in [0.5, 0.6) is 0 Å². The highest BCUT2D eigenvalue weighted by Crippen LogP contribution is 2.04. The predicted octanol–water partition coefficient (Wildman–Crippen LogP) is 2.54. The van der Waals surface area contributed by atoms with Crippen molar-refractivity contribution in [1.82, 2.24) is 4.90 Å². The van der Waals surface area contributed by atoms with Gasteiger partial charge in [-0.1, -0.05) is 19.4 Å². The first-order valence-electron chi connectivity index (χ1n) is 4.65. The minimum Gasteiger partial charge on any atom is -0.364 e. The Morgan fingerprint density at radius 3 is 2.25 bits per heavy atom. The summed E-state index contributed by atoms with van der Waals surface area (Å²) in [6.07, 6.45) is 4.12. The van der Waals surface area contributed by atoms with Crippen LogP contribution in [0.2, 0.25) is 0 Å². The van der Waals surface area contributed by atoms with Gasteiger partial charge in [-0.2, -0.15) is 5.26 Å². The van der Waals surface area contributed by atoms with Gasteiger partial charge in [0.05, 0.1) is 0 Å². The molecule has 0 aliphatic rings. The summed E-state index contributed by atoms with van der Waals surface area (Å²) >= 11 is 0. The zero-order chi connectivity index (χ0) is 9.40. The first-order valence-corrected chi connectivity index (χ1v) is 4.65. The van der Waals surface area contributed by atoms with E-state index >= 15 is 0 Å². The molecule has 0 radical (unpaired) electrons. The van der Waals surface area contributed by atoms with E-state index < -0.39 is 0 Å². The van der Waals surface area contributed by atoms with Crippen LogP contribution in [0.3, 0.4) is 0 Å². The van der Waals surface area contributed by atoms with E-state index in [-0.39, 0.29) is 0 Å². The molecule has 12 heavy (non-hydrogen) atoms. The fourth-order valence-electron chi connectivity index (χ4n) is 1.09. The van der Waals surface area contributed by atoms with Gasteiger partial charge in [-0.05, 0) is 20.3 Å². The lowest BCUT2D eigenvalue weighted by Gasteiger charge is -2.19. The van der Waals surface area contributed by atoms with Crippen molar-refractivity contribution in [3.8, 4) is 6.07 Å². The second-order valence-electron chi connectivity index (χ2n) is 2.66. The van der Waals surface area contributed by atoms with Crippen molar-refractivity contribution >= 4 is 0 Å². The fraction of sp³-hybridized carbons (Fsp3) is 0.700. The Labute approximate surface area is 75.5 Å². The van der Waals surface area contributed by atoms with Crippen LogP contribution in [0.4, 0.5) is 0 Å². The zero-order valence-electron chi connectivity index (χ0n) is 8.30. The molecule has 0 saturated carbocycles. The standard InChI is InChI=1S/C10H18N2/c1-4-7-8-10(9-11)12(5-2)6-3/h8H,4-7H2,1-3H3. The van der Waals surface area contributed by atoms with Crippen LogP contribution >= 0.6 is 0 Å². The van der Waals surface area contributed by atoms with E-state index in [1.54, 1.807) is 0 Å². The average Bonchev–Trinajstić information content (AvgIpc) is 2.12. The second-order valence-corrected chi connectivity index (χ2v) is 2.66.